The highest BCUT2D eigenvalue weighted by atomic mass is 19.1. The number of rotatable bonds is 5. The van der Waals surface area contributed by atoms with E-state index in [1.807, 2.05) is 29.2 Å². The summed E-state index contributed by atoms with van der Waals surface area (Å²) in [5, 5.41) is 11.5. The van der Waals surface area contributed by atoms with Crippen molar-refractivity contribution in [3.8, 4) is 0 Å². The van der Waals surface area contributed by atoms with Crippen LogP contribution in [0.1, 0.15) is 18.4 Å². The molecule has 1 aliphatic rings. The molecular formula is C21H20FN3O4. The number of aromatic nitrogens is 1. The van der Waals surface area contributed by atoms with Gasteiger partial charge in [0.1, 0.15) is 11.3 Å². The fourth-order valence-electron chi connectivity index (χ4n) is 3.50. The Labute approximate surface area is 166 Å². The molecule has 2 N–H and O–H groups in total. The van der Waals surface area contributed by atoms with E-state index >= 15 is 0 Å². The van der Waals surface area contributed by atoms with Gasteiger partial charge >= 0.3 is 5.97 Å². The van der Waals surface area contributed by atoms with Crippen molar-refractivity contribution in [2.75, 3.05) is 23.3 Å². The van der Waals surface area contributed by atoms with Gasteiger partial charge in [-0.2, -0.15) is 4.98 Å². The molecule has 150 valence electrons. The van der Waals surface area contributed by atoms with E-state index in [2.05, 4.69) is 10.3 Å². The van der Waals surface area contributed by atoms with Crippen molar-refractivity contribution < 1.29 is 23.5 Å². The second kappa shape index (κ2) is 7.90. The molecule has 1 aromatic heterocycles. The summed E-state index contributed by atoms with van der Waals surface area (Å²) in [7, 11) is 0. The van der Waals surface area contributed by atoms with Crippen molar-refractivity contribution >= 4 is 34.7 Å². The molecule has 1 amide bonds. The zero-order valence-electron chi connectivity index (χ0n) is 15.6. The van der Waals surface area contributed by atoms with Crippen LogP contribution in [0.4, 0.5) is 16.1 Å². The molecule has 0 bridgehead atoms. The predicted octanol–water partition coefficient (Wildman–Crippen LogP) is 3.45. The molecule has 2 aromatic carbocycles. The van der Waals surface area contributed by atoms with Crippen LogP contribution in [0.25, 0.3) is 11.1 Å². The van der Waals surface area contributed by atoms with E-state index < -0.39 is 18.2 Å². The number of fused-ring (bicyclic) bond motifs is 1. The highest BCUT2D eigenvalue weighted by molar-refractivity contribution is 5.92. The van der Waals surface area contributed by atoms with Gasteiger partial charge in [0.2, 0.25) is 5.91 Å². The molecule has 0 aliphatic carbocycles. The van der Waals surface area contributed by atoms with Crippen LogP contribution >= 0.6 is 0 Å². The number of nitrogens with zero attached hydrogens (tertiary/aromatic N) is 2. The Morgan fingerprint density at radius 2 is 1.97 bits per heavy atom. The SMILES string of the molecule is O=C(O)Cc1ccc(NC(=O)C2CCN(c3nc4ccccc4o3)CC2)cc1F. The highest BCUT2D eigenvalue weighted by Gasteiger charge is 2.27. The van der Waals surface area contributed by atoms with E-state index in [4.69, 9.17) is 9.52 Å². The Morgan fingerprint density at radius 1 is 1.21 bits per heavy atom. The largest absolute Gasteiger partial charge is 0.481 e. The molecule has 2 heterocycles. The van der Waals surface area contributed by atoms with Gasteiger partial charge in [-0.25, -0.2) is 4.39 Å². The summed E-state index contributed by atoms with van der Waals surface area (Å²) >= 11 is 0. The number of carboxylic acids is 1. The standard InChI is InChI=1S/C21H20FN3O4/c22-16-12-15(6-5-14(16)11-19(26)27)23-20(28)13-7-9-25(10-8-13)21-24-17-3-1-2-4-18(17)29-21/h1-6,12-13H,7-11H2,(H,23,28)(H,26,27). The molecule has 8 heteroatoms. The van der Waals surface area contributed by atoms with Gasteiger partial charge in [-0.1, -0.05) is 18.2 Å². The number of anilines is 2. The van der Waals surface area contributed by atoms with E-state index in [-0.39, 0.29) is 17.4 Å². The quantitative estimate of drug-likeness (QED) is 0.685. The second-order valence-corrected chi connectivity index (χ2v) is 7.09. The maximum Gasteiger partial charge on any atom is 0.307 e. The van der Waals surface area contributed by atoms with E-state index in [0.717, 1.165) is 17.2 Å². The van der Waals surface area contributed by atoms with Crippen LogP contribution in [-0.4, -0.2) is 35.1 Å². The summed E-state index contributed by atoms with van der Waals surface area (Å²) in [5.41, 5.74) is 1.94. The maximum absolute atomic E-state index is 14.0. The molecule has 1 fully saturated rings. The Hall–Kier alpha value is -3.42. The molecule has 1 saturated heterocycles. The summed E-state index contributed by atoms with van der Waals surface area (Å²) in [6, 6.07) is 12.2. The number of benzene rings is 2. The van der Waals surface area contributed by atoms with Gasteiger partial charge in [-0.3, -0.25) is 9.59 Å². The summed E-state index contributed by atoms with van der Waals surface area (Å²) in [6.07, 6.45) is 0.864. The number of hydrogen-bond acceptors (Lipinski definition) is 5. The molecular weight excluding hydrogens is 377 g/mol. The number of piperidine rings is 1. The van der Waals surface area contributed by atoms with Gasteiger partial charge in [0.25, 0.3) is 6.01 Å². The summed E-state index contributed by atoms with van der Waals surface area (Å²) in [5.74, 6) is -2.12. The van der Waals surface area contributed by atoms with Crippen molar-refractivity contribution in [2.45, 2.75) is 19.3 Å². The van der Waals surface area contributed by atoms with Crippen LogP contribution in [-0.2, 0) is 16.0 Å². The first kappa shape index (κ1) is 18.9. The van der Waals surface area contributed by atoms with Crippen LogP contribution in [0, 0.1) is 11.7 Å². The number of carboxylic acid groups (broad SMARTS) is 1. The van der Waals surface area contributed by atoms with Crippen molar-refractivity contribution in [3.63, 3.8) is 0 Å². The normalized spacial score (nSPS) is 14.9. The Balaban J connectivity index is 1.35. The molecule has 1 aliphatic heterocycles. The lowest BCUT2D eigenvalue weighted by atomic mass is 9.96. The molecule has 0 saturated carbocycles. The molecule has 7 nitrogen and oxygen atoms in total. The van der Waals surface area contributed by atoms with Crippen molar-refractivity contribution in [1.82, 2.24) is 4.98 Å². The third-order valence-electron chi connectivity index (χ3n) is 5.08. The number of amides is 1. The van der Waals surface area contributed by atoms with Gasteiger partial charge in [0, 0.05) is 24.7 Å². The minimum Gasteiger partial charge on any atom is -0.481 e. The number of halogens is 1. The van der Waals surface area contributed by atoms with Crippen molar-refractivity contribution in [1.29, 1.82) is 0 Å². The minimum absolute atomic E-state index is 0.0853. The van der Waals surface area contributed by atoms with Gasteiger partial charge in [-0.05, 0) is 42.7 Å². The third-order valence-corrected chi connectivity index (χ3v) is 5.08. The van der Waals surface area contributed by atoms with Crippen molar-refractivity contribution in [3.05, 3.63) is 53.8 Å². The Kier molecular flexibility index (Phi) is 5.16. The molecule has 0 unspecified atom stereocenters. The first-order chi connectivity index (χ1) is 14.0. The lowest BCUT2D eigenvalue weighted by molar-refractivity contribution is -0.136. The topological polar surface area (TPSA) is 95.7 Å². The lowest BCUT2D eigenvalue weighted by Crippen LogP contribution is -2.38. The Bertz CT molecular complexity index is 1020. The molecule has 0 atom stereocenters. The molecule has 4 rings (SSSR count). The summed E-state index contributed by atoms with van der Waals surface area (Å²) in [6.45, 7) is 1.27. The van der Waals surface area contributed by atoms with Crippen LogP contribution in [0.15, 0.2) is 46.9 Å². The number of aliphatic carboxylic acids is 1. The molecule has 29 heavy (non-hydrogen) atoms. The molecule has 0 spiro atoms. The number of carbonyl (C=O) groups excluding carboxylic acids is 1. The van der Waals surface area contributed by atoms with Gasteiger partial charge in [0.15, 0.2) is 5.58 Å². The smallest absolute Gasteiger partial charge is 0.307 e. The van der Waals surface area contributed by atoms with Crippen LogP contribution < -0.4 is 10.2 Å². The minimum atomic E-state index is -1.11. The second-order valence-electron chi connectivity index (χ2n) is 7.09. The van der Waals surface area contributed by atoms with E-state index in [1.54, 1.807) is 0 Å². The van der Waals surface area contributed by atoms with Crippen LogP contribution in [0.3, 0.4) is 0 Å². The first-order valence-electron chi connectivity index (χ1n) is 9.41. The zero-order valence-corrected chi connectivity index (χ0v) is 15.6. The monoisotopic (exact) mass is 397 g/mol. The van der Waals surface area contributed by atoms with Crippen LogP contribution in [0.5, 0.6) is 0 Å². The van der Waals surface area contributed by atoms with E-state index in [0.29, 0.717) is 37.6 Å². The van der Waals surface area contributed by atoms with Crippen LogP contribution in [0.2, 0.25) is 0 Å². The number of para-hydroxylation sites is 2. The van der Waals surface area contributed by atoms with E-state index in [1.165, 1.54) is 12.1 Å². The van der Waals surface area contributed by atoms with Gasteiger partial charge in [-0.15, -0.1) is 0 Å². The number of hydrogen-bond donors (Lipinski definition) is 2. The Morgan fingerprint density at radius 3 is 2.66 bits per heavy atom. The first-order valence-corrected chi connectivity index (χ1v) is 9.41. The lowest BCUT2D eigenvalue weighted by Gasteiger charge is -2.30. The average Bonchev–Trinajstić information content (AvgIpc) is 3.14. The summed E-state index contributed by atoms with van der Waals surface area (Å²) < 4.78 is 19.8. The fraction of sp³-hybridized carbons (Fsp3) is 0.286. The third kappa shape index (κ3) is 4.21. The maximum atomic E-state index is 14.0. The number of carbonyl (C=O) groups is 2. The number of oxazole rings is 1. The zero-order chi connectivity index (χ0) is 20.4. The fourth-order valence-corrected chi connectivity index (χ4v) is 3.50. The average molecular weight is 397 g/mol. The van der Waals surface area contributed by atoms with Gasteiger partial charge in [0.05, 0.1) is 6.42 Å². The summed E-state index contributed by atoms with van der Waals surface area (Å²) in [4.78, 5) is 29.8. The van der Waals surface area contributed by atoms with E-state index in [9.17, 15) is 14.0 Å². The molecule has 3 aromatic rings. The highest BCUT2D eigenvalue weighted by Crippen LogP contribution is 2.27. The molecule has 0 radical (unpaired) electrons. The van der Waals surface area contributed by atoms with Gasteiger partial charge < -0.3 is 19.7 Å². The number of nitrogens with one attached hydrogen (secondary N) is 1. The van der Waals surface area contributed by atoms with Crippen molar-refractivity contribution in [2.24, 2.45) is 5.92 Å². The predicted molar refractivity (Wildman–Crippen MR) is 105 cm³/mol.